The molecule has 3 amide bonds. The largest absolute Gasteiger partial charge is 0.495 e. The minimum absolute atomic E-state index is 0.0773. The summed E-state index contributed by atoms with van der Waals surface area (Å²) in [5.74, 6) is 0.431. The maximum absolute atomic E-state index is 12.4. The summed E-state index contributed by atoms with van der Waals surface area (Å²) in [4.78, 5) is 24.6. The number of nitrogens with one attached hydrogen (secondary N) is 3. The Morgan fingerprint density at radius 2 is 1.71 bits per heavy atom. The van der Waals surface area contributed by atoms with Crippen molar-refractivity contribution in [1.82, 2.24) is 5.32 Å². The number of carbonyl (C=O) groups excluding carboxylic acids is 2. The van der Waals surface area contributed by atoms with Crippen LogP contribution in [0.15, 0.2) is 42.5 Å². The fourth-order valence-corrected chi connectivity index (χ4v) is 3.46. The van der Waals surface area contributed by atoms with Crippen molar-refractivity contribution in [3.05, 3.63) is 53.1 Å². The number of anilines is 2. The summed E-state index contributed by atoms with van der Waals surface area (Å²) in [7, 11) is 1.52. The van der Waals surface area contributed by atoms with Gasteiger partial charge in [-0.1, -0.05) is 30.9 Å². The summed E-state index contributed by atoms with van der Waals surface area (Å²) in [5.41, 5.74) is 1.62. The zero-order valence-electron chi connectivity index (χ0n) is 15.8. The lowest BCUT2D eigenvalue weighted by Crippen LogP contribution is -2.36. The lowest BCUT2D eigenvalue weighted by Gasteiger charge is -2.22. The van der Waals surface area contributed by atoms with Crippen LogP contribution >= 0.6 is 11.6 Å². The van der Waals surface area contributed by atoms with E-state index in [1.807, 2.05) is 0 Å². The molecule has 28 heavy (non-hydrogen) atoms. The molecule has 3 rings (SSSR count). The monoisotopic (exact) mass is 401 g/mol. The second-order valence-corrected chi connectivity index (χ2v) is 7.25. The SMILES string of the molecule is COc1ccc(Cl)cc1NC(=O)Nc1ccc(C(=O)NC2CCCCC2)cc1. The van der Waals surface area contributed by atoms with Crippen LogP contribution in [0.2, 0.25) is 5.02 Å². The molecular formula is C21H24ClN3O3. The molecule has 0 aliphatic heterocycles. The number of hydrogen-bond donors (Lipinski definition) is 3. The fraction of sp³-hybridized carbons (Fsp3) is 0.333. The van der Waals surface area contributed by atoms with E-state index in [1.54, 1.807) is 42.5 Å². The van der Waals surface area contributed by atoms with Crippen LogP contribution < -0.4 is 20.7 Å². The first-order valence-corrected chi connectivity index (χ1v) is 9.75. The maximum Gasteiger partial charge on any atom is 0.323 e. The fourth-order valence-electron chi connectivity index (χ4n) is 3.28. The van der Waals surface area contributed by atoms with E-state index in [1.165, 1.54) is 26.4 Å². The number of carbonyl (C=O) groups is 2. The predicted octanol–water partition coefficient (Wildman–Crippen LogP) is 5.06. The lowest BCUT2D eigenvalue weighted by atomic mass is 9.95. The minimum atomic E-state index is -0.431. The first-order chi connectivity index (χ1) is 13.5. The highest BCUT2D eigenvalue weighted by atomic mass is 35.5. The van der Waals surface area contributed by atoms with E-state index < -0.39 is 6.03 Å². The molecular weight excluding hydrogens is 378 g/mol. The standard InChI is InChI=1S/C21H24ClN3O3/c1-28-19-12-9-15(22)13-18(19)25-21(27)24-17-10-7-14(8-11-17)20(26)23-16-5-3-2-4-6-16/h7-13,16H,2-6H2,1H3,(H,23,26)(H2,24,25,27). The summed E-state index contributed by atoms with van der Waals surface area (Å²) < 4.78 is 5.21. The van der Waals surface area contributed by atoms with Crippen molar-refractivity contribution in [3.8, 4) is 5.75 Å². The van der Waals surface area contributed by atoms with Crippen LogP contribution in [0.3, 0.4) is 0 Å². The molecule has 1 aliphatic rings. The average Bonchev–Trinajstić information content (AvgIpc) is 2.69. The van der Waals surface area contributed by atoms with Crippen LogP contribution in [0.25, 0.3) is 0 Å². The second-order valence-electron chi connectivity index (χ2n) is 6.81. The molecule has 1 saturated carbocycles. The van der Waals surface area contributed by atoms with Gasteiger partial charge in [-0.15, -0.1) is 0 Å². The third-order valence-electron chi connectivity index (χ3n) is 4.76. The summed E-state index contributed by atoms with van der Waals surface area (Å²) in [6.07, 6.45) is 5.66. The molecule has 1 fully saturated rings. The van der Waals surface area contributed by atoms with Gasteiger partial charge in [0.05, 0.1) is 12.8 Å². The number of rotatable bonds is 5. The zero-order valence-corrected chi connectivity index (χ0v) is 16.5. The average molecular weight is 402 g/mol. The number of amides is 3. The molecule has 148 valence electrons. The van der Waals surface area contributed by atoms with Gasteiger partial charge in [0.1, 0.15) is 5.75 Å². The van der Waals surface area contributed by atoms with Crippen LogP contribution in [0.1, 0.15) is 42.5 Å². The number of methoxy groups -OCH3 is 1. The maximum atomic E-state index is 12.4. The van der Waals surface area contributed by atoms with Gasteiger partial charge >= 0.3 is 6.03 Å². The van der Waals surface area contributed by atoms with E-state index in [9.17, 15) is 9.59 Å². The van der Waals surface area contributed by atoms with E-state index >= 15 is 0 Å². The van der Waals surface area contributed by atoms with Gasteiger partial charge in [-0.3, -0.25) is 4.79 Å². The molecule has 3 N–H and O–H groups in total. The Kier molecular flexibility index (Phi) is 6.76. The molecule has 1 aliphatic carbocycles. The van der Waals surface area contributed by atoms with Crippen LogP contribution in [0.5, 0.6) is 5.75 Å². The number of ether oxygens (including phenoxy) is 1. The molecule has 2 aromatic carbocycles. The van der Waals surface area contributed by atoms with Gasteiger partial charge in [0.15, 0.2) is 0 Å². The van der Waals surface area contributed by atoms with Crippen molar-refractivity contribution in [2.75, 3.05) is 17.7 Å². The number of halogens is 1. The first-order valence-electron chi connectivity index (χ1n) is 9.37. The van der Waals surface area contributed by atoms with Gasteiger partial charge < -0.3 is 20.7 Å². The lowest BCUT2D eigenvalue weighted by molar-refractivity contribution is 0.0927. The molecule has 7 heteroatoms. The highest BCUT2D eigenvalue weighted by Gasteiger charge is 2.16. The minimum Gasteiger partial charge on any atom is -0.495 e. The summed E-state index contributed by atoms with van der Waals surface area (Å²) in [5, 5.41) is 9.00. The Bertz CT molecular complexity index is 833. The molecule has 0 heterocycles. The van der Waals surface area contributed by atoms with Gasteiger partial charge in [0, 0.05) is 22.3 Å². The van der Waals surface area contributed by atoms with Crippen molar-refractivity contribution in [2.45, 2.75) is 38.1 Å². The molecule has 0 saturated heterocycles. The molecule has 0 radical (unpaired) electrons. The van der Waals surface area contributed by atoms with Gasteiger partial charge in [-0.05, 0) is 55.3 Å². The molecule has 0 atom stereocenters. The summed E-state index contributed by atoms with van der Waals surface area (Å²) in [6.45, 7) is 0. The Balaban J connectivity index is 1.57. The Morgan fingerprint density at radius 3 is 2.39 bits per heavy atom. The van der Waals surface area contributed by atoms with E-state index in [-0.39, 0.29) is 11.9 Å². The van der Waals surface area contributed by atoms with Crippen molar-refractivity contribution in [1.29, 1.82) is 0 Å². The van der Waals surface area contributed by atoms with Gasteiger partial charge in [-0.25, -0.2) is 4.79 Å². The highest BCUT2D eigenvalue weighted by Crippen LogP contribution is 2.27. The smallest absolute Gasteiger partial charge is 0.323 e. The van der Waals surface area contributed by atoms with Crippen LogP contribution in [-0.4, -0.2) is 25.1 Å². The third-order valence-corrected chi connectivity index (χ3v) is 4.99. The topological polar surface area (TPSA) is 79.5 Å². The summed E-state index contributed by atoms with van der Waals surface area (Å²) in [6, 6.07) is 11.6. The molecule has 0 spiro atoms. The molecule has 0 bridgehead atoms. The van der Waals surface area contributed by atoms with Crippen molar-refractivity contribution < 1.29 is 14.3 Å². The van der Waals surface area contributed by atoms with Crippen LogP contribution in [-0.2, 0) is 0 Å². The number of hydrogen-bond acceptors (Lipinski definition) is 3. The molecule has 6 nitrogen and oxygen atoms in total. The van der Waals surface area contributed by atoms with Gasteiger partial charge in [0.2, 0.25) is 0 Å². The van der Waals surface area contributed by atoms with E-state index in [0.717, 1.165) is 12.8 Å². The van der Waals surface area contributed by atoms with Gasteiger partial charge in [0.25, 0.3) is 5.91 Å². The van der Waals surface area contributed by atoms with Crippen molar-refractivity contribution in [2.24, 2.45) is 0 Å². The third kappa shape index (κ3) is 5.39. The van der Waals surface area contributed by atoms with E-state index in [0.29, 0.717) is 27.7 Å². The van der Waals surface area contributed by atoms with Crippen molar-refractivity contribution >= 4 is 34.9 Å². The molecule has 0 unspecified atom stereocenters. The normalized spacial score (nSPS) is 14.2. The molecule has 0 aromatic heterocycles. The van der Waals surface area contributed by atoms with Crippen molar-refractivity contribution in [3.63, 3.8) is 0 Å². The first kappa shape index (κ1) is 20.0. The van der Waals surface area contributed by atoms with Crippen LogP contribution in [0.4, 0.5) is 16.2 Å². The zero-order chi connectivity index (χ0) is 19.9. The number of urea groups is 1. The number of benzene rings is 2. The van der Waals surface area contributed by atoms with E-state index in [4.69, 9.17) is 16.3 Å². The quantitative estimate of drug-likeness (QED) is 0.655. The summed E-state index contributed by atoms with van der Waals surface area (Å²) >= 11 is 5.97. The Hall–Kier alpha value is -2.73. The van der Waals surface area contributed by atoms with E-state index in [2.05, 4.69) is 16.0 Å². The Labute approximate surface area is 169 Å². The Morgan fingerprint density at radius 1 is 1.00 bits per heavy atom. The van der Waals surface area contributed by atoms with Crippen LogP contribution in [0, 0.1) is 0 Å². The second kappa shape index (κ2) is 9.46. The highest BCUT2D eigenvalue weighted by molar-refractivity contribution is 6.31. The molecule has 2 aromatic rings. The van der Waals surface area contributed by atoms with Gasteiger partial charge in [-0.2, -0.15) is 0 Å². The predicted molar refractivity (Wildman–Crippen MR) is 111 cm³/mol.